The van der Waals surface area contributed by atoms with Crippen LogP contribution in [0, 0.1) is 5.92 Å². The van der Waals surface area contributed by atoms with Crippen molar-refractivity contribution < 1.29 is 0 Å². The van der Waals surface area contributed by atoms with E-state index in [-0.39, 0.29) is 0 Å². The summed E-state index contributed by atoms with van der Waals surface area (Å²) >= 11 is 1.78. The van der Waals surface area contributed by atoms with E-state index in [9.17, 15) is 0 Å². The molecule has 0 fully saturated rings. The summed E-state index contributed by atoms with van der Waals surface area (Å²) in [4.78, 5) is 4.45. The molecule has 2 rings (SSSR count). The van der Waals surface area contributed by atoms with Crippen molar-refractivity contribution in [2.24, 2.45) is 18.0 Å². The van der Waals surface area contributed by atoms with Crippen molar-refractivity contribution in [1.29, 1.82) is 0 Å². The number of nitrogens with one attached hydrogen (secondary N) is 1. The third-order valence-corrected chi connectivity index (χ3v) is 3.25. The molecule has 76 valence electrons. The van der Waals surface area contributed by atoms with Gasteiger partial charge in [-0.1, -0.05) is 18.7 Å². The molecule has 0 amide bonds. The molecule has 14 heavy (non-hydrogen) atoms. The fourth-order valence-corrected chi connectivity index (χ4v) is 2.15. The van der Waals surface area contributed by atoms with Crippen molar-refractivity contribution in [1.82, 2.24) is 9.78 Å². The molecule has 0 saturated heterocycles. The predicted molar refractivity (Wildman–Crippen MR) is 60.8 cm³/mol. The molecule has 0 radical (unpaired) electrons. The van der Waals surface area contributed by atoms with Crippen LogP contribution in [0.1, 0.15) is 6.92 Å². The van der Waals surface area contributed by atoms with Gasteiger partial charge in [-0.05, 0) is 5.92 Å². The number of hydrogen-bond donors (Lipinski definition) is 1. The van der Waals surface area contributed by atoms with Crippen LogP contribution in [0.5, 0.6) is 0 Å². The van der Waals surface area contributed by atoms with Crippen LogP contribution in [0.4, 0.5) is 5.69 Å². The summed E-state index contributed by atoms with van der Waals surface area (Å²) in [6.07, 6.45) is 3.75. The van der Waals surface area contributed by atoms with E-state index < -0.39 is 0 Å². The fraction of sp³-hybridized carbons (Fsp3) is 0.556. The van der Waals surface area contributed by atoms with Crippen LogP contribution in [-0.4, -0.2) is 27.2 Å². The van der Waals surface area contributed by atoms with Gasteiger partial charge in [0, 0.05) is 25.5 Å². The highest BCUT2D eigenvalue weighted by Gasteiger charge is 2.12. The van der Waals surface area contributed by atoms with E-state index in [0.29, 0.717) is 5.92 Å². The first-order valence-corrected chi connectivity index (χ1v) is 5.65. The number of aliphatic imine (C=N–C) groups is 1. The second kappa shape index (κ2) is 4.04. The third kappa shape index (κ3) is 2.29. The van der Waals surface area contributed by atoms with Crippen LogP contribution < -0.4 is 5.32 Å². The minimum atomic E-state index is 0.694. The SMILES string of the molecule is CC1CN=C(Nc2cnn(C)c2)SC1. The lowest BCUT2D eigenvalue weighted by molar-refractivity contribution is 0.674. The summed E-state index contributed by atoms with van der Waals surface area (Å²) in [6, 6.07) is 0. The van der Waals surface area contributed by atoms with Crippen molar-refractivity contribution in [2.45, 2.75) is 6.92 Å². The number of rotatable bonds is 1. The fourth-order valence-electron chi connectivity index (χ4n) is 1.24. The summed E-state index contributed by atoms with van der Waals surface area (Å²) in [5.41, 5.74) is 1.01. The van der Waals surface area contributed by atoms with Gasteiger partial charge >= 0.3 is 0 Å². The quantitative estimate of drug-likeness (QED) is 0.765. The molecule has 0 saturated carbocycles. The van der Waals surface area contributed by atoms with Crippen LogP contribution >= 0.6 is 11.8 Å². The first-order valence-electron chi connectivity index (χ1n) is 4.67. The Balaban J connectivity index is 1.98. The van der Waals surface area contributed by atoms with Crippen molar-refractivity contribution in [2.75, 3.05) is 17.6 Å². The zero-order valence-corrected chi connectivity index (χ0v) is 9.21. The Kier molecular flexibility index (Phi) is 2.77. The lowest BCUT2D eigenvalue weighted by atomic mass is 10.2. The molecule has 0 bridgehead atoms. The number of thioether (sulfide) groups is 1. The van der Waals surface area contributed by atoms with E-state index in [1.807, 2.05) is 13.2 Å². The van der Waals surface area contributed by atoms with E-state index in [4.69, 9.17) is 0 Å². The lowest BCUT2D eigenvalue weighted by Crippen LogP contribution is -2.18. The van der Waals surface area contributed by atoms with Crippen LogP contribution in [0.2, 0.25) is 0 Å². The molecule has 5 heteroatoms. The predicted octanol–water partition coefficient (Wildman–Crippen LogP) is 1.57. The average Bonchev–Trinajstić information content (AvgIpc) is 2.56. The summed E-state index contributed by atoms with van der Waals surface area (Å²) < 4.78 is 1.78. The van der Waals surface area contributed by atoms with Crippen LogP contribution in [0.25, 0.3) is 0 Å². The molecule has 1 atom stereocenters. The molecule has 2 heterocycles. The number of anilines is 1. The van der Waals surface area contributed by atoms with Gasteiger partial charge in [0.15, 0.2) is 5.17 Å². The standard InChI is InChI=1S/C9H14N4S/c1-7-3-10-9(14-6-7)12-8-4-11-13(2)5-8/h4-5,7H,3,6H2,1-2H3,(H,10,12). The van der Waals surface area contributed by atoms with Gasteiger partial charge < -0.3 is 5.32 Å². The van der Waals surface area contributed by atoms with E-state index in [1.54, 1.807) is 22.6 Å². The molecule has 4 nitrogen and oxygen atoms in total. The smallest absolute Gasteiger partial charge is 0.161 e. The van der Waals surface area contributed by atoms with Gasteiger partial charge in [0.2, 0.25) is 0 Å². The first kappa shape index (κ1) is 9.58. The molecule has 0 aromatic carbocycles. The Hall–Kier alpha value is -0.970. The average molecular weight is 210 g/mol. The Bertz CT molecular complexity index is 344. The van der Waals surface area contributed by atoms with Gasteiger partial charge in [-0.25, -0.2) is 0 Å². The Labute approximate surface area is 87.8 Å². The number of aromatic nitrogens is 2. The minimum absolute atomic E-state index is 0.694. The van der Waals surface area contributed by atoms with Crippen molar-refractivity contribution >= 4 is 22.6 Å². The highest BCUT2D eigenvalue weighted by molar-refractivity contribution is 8.14. The first-order chi connectivity index (χ1) is 6.74. The third-order valence-electron chi connectivity index (χ3n) is 2.01. The monoisotopic (exact) mass is 210 g/mol. The molecule has 0 spiro atoms. The zero-order valence-electron chi connectivity index (χ0n) is 8.40. The van der Waals surface area contributed by atoms with Crippen LogP contribution in [0.3, 0.4) is 0 Å². The number of hydrogen-bond acceptors (Lipinski definition) is 4. The number of amidine groups is 1. The van der Waals surface area contributed by atoms with E-state index in [1.165, 1.54) is 0 Å². The normalized spacial score (nSPS) is 21.9. The second-order valence-corrected chi connectivity index (χ2v) is 4.60. The lowest BCUT2D eigenvalue weighted by Gasteiger charge is -2.16. The number of nitrogens with zero attached hydrogens (tertiary/aromatic N) is 3. The van der Waals surface area contributed by atoms with Crippen LogP contribution in [-0.2, 0) is 7.05 Å². The topological polar surface area (TPSA) is 42.2 Å². The van der Waals surface area contributed by atoms with E-state index in [2.05, 4.69) is 22.3 Å². The van der Waals surface area contributed by atoms with E-state index in [0.717, 1.165) is 23.2 Å². The summed E-state index contributed by atoms with van der Waals surface area (Å²) in [7, 11) is 1.91. The molecular weight excluding hydrogens is 196 g/mol. The Morgan fingerprint density at radius 1 is 1.64 bits per heavy atom. The van der Waals surface area contributed by atoms with Gasteiger partial charge in [-0.15, -0.1) is 0 Å². The van der Waals surface area contributed by atoms with Gasteiger partial charge in [0.1, 0.15) is 0 Å². The van der Waals surface area contributed by atoms with E-state index >= 15 is 0 Å². The number of aryl methyl sites for hydroxylation is 1. The molecule has 1 aliphatic rings. The molecule has 1 aromatic heterocycles. The largest absolute Gasteiger partial charge is 0.332 e. The highest BCUT2D eigenvalue weighted by atomic mass is 32.2. The van der Waals surface area contributed by atoms with Crippen molar-refractivity contribution in [3.05, 3.63) is 12.4 Å². The van der Waals surface area contributed by atoms with Gasteiger partial charge in [-0.3, -0.25) is 9.67 Å². The minimum Gasteiger partial charge on any atom is -0.332 e. The van der Waals surface area contributed by atoms with Crippen LogP contribution in [0.15, 0.2) is 17.4 Å². The highest BCUT2D eigenvalue weighted by Crippen LogP contribution is 2.18. The second-order valence-electron chi connectivity index (χ2n) is 3.59. The summed E-state index contributed by atoms with van der Waals surface area (Å²) in [6.45, 7) is 3.15. The van der Waals surface area contributed by atoms with Gasteiger partial charge in [0.25, 0.3) is 0 Å². The Morgan fingerprint density at radius 2 is 2.50 bits per heavy atom. The maximum atomic E-state index is 4.45. The maximum Gasteiger partial charge on any atom is 0.161 e. The molecule has 0 aliphatic carbocycles. The zero-order chi connectivity index (χ0) is 9.97. The maximum absolute atomic E-state index is 4.45. The van der Waals surface area contributed by atoms with Gasteiger partial charge in [0.05, 0.1) is 11.9 Å². The summed E-state index contributed by atoms with van der Waals surface area (Å²) in [5.74, 6) is 1.84. The summed E-state index contributed by atoms with van der Waals surface area (Å²) in [5, 5.41) is 8.35. The van der Waals surface area contributed by atoms with Crippen molar-refractivity contribution in [3.8, 4) is 0 Å². The molecule has 1 N–H and O–H groups in total. The van der Waals surface area contributed by atoms with Gasteiger partial charge in [-0.2, -0.15) is 5.10 Å². The molecular formula is C9H14N4S. The molecule has 1 aromatic rings. The molecule has 1 unspecified atom stereocenters. The Morgan fingerprint density at radius 3 is 3.07 bits per heavy atom. The molecule has 1 aliphatic heterocycles. The van der Waals surface area contributed by atoms with Crippen molar-refractivity contribution in [3.63, 3.8) is 0 Å².